The van der Waals surface area contributed by atoms with Crippen molar-refractivity contribution in [1.29, 1.82) is 0 Å². The third-order valence-corrected chi connectivity index (χ3v) is 4.08. The van der Waals surface area contributed by atoms with Gasteiger partial charge in [-0.1, -0.05) is 13.8 Å². The molecule has 0 saturated carbocycles. The Kier molecular flexibility index (Phi) is 8.30. The topological polar surface area (TPSA) is 39.7 Å². The molecule has 1 rings (SSSR count). The van der Waals surface area contributed by atoms with Gasteiger partial charge in [-0.25, -0.2) is 4.99 Å². The summed E-state index contributed by atoms with van der Waals surface area (Å²) >= 11 is 1.72. The molecule has 4 nitrogen and oxygen atoms in total. The van der Waals surface area contributed by atoms with Crippen LogP contribution in [-0.4, -0.2) is 43.1 Å². The van der Waals surface area contributed by atoms with Crippen molar-refractivity contribution in [2.45, 2.75) is 40.3 Å². The van der Waals surface area contributed by atoms with Gasteiger partial charge in [0.1, 0.15) is 0 Å². The SMILES string of the molecule is CCNC(=NCc1ccsc1)NCC(C)N(CC)CC. The molecule has 1 atom stereocenters. The Morgan fingerprint density at radius 3 is 2.60 bits per heavy atom. The van der Waals surface area contributed by atoms with Crippen LogP contribution in [0.3, 0.4) is 0 Å². The van der Waals surface area contributed by atoms with Gasteiger partial charge in [-0.2, -0.15) is 11.3 Å². The fraction of sp³-hybridized carbons (Fsp3) is 0.667. The summed E-state index contributed by atoms with van der Waals surface area (Å²) in [6.07, 6.45) is 0. The first-order chi connectivity index (χ1) is 9.71. The maximum atomic E-state index is 4.62. The van der Waals surface area contributed by atoms with E-state index in [4.69, 9.17) is 0 Å². The first-order valence-electron chi connectivity index (χ1n) is 7.48. The van der Waals surface area contributed by atoms with Crippen molar-refractivity contribution in [2.24, 2.45) is 4.99 Å². The quantitative estimate of drug-likeness (QED) is 0.572. The number of guanidine groups is 1. The molecule has 0 saturated heterocycles. The fourth-order valence-corrected chi connectivity index (χ4v) is 2.77. The van der Waals surface area contributed by atoms with Crippen molar-refractivity contribution in [3.05, 3.63) is 22.4 Å². The summed E-state index contributed by atoms with van der Waals surface area (Å²) in [5, 5.41) is 11.0. The van der Waals surface area contributed by atoms with Gasteiger partial charge in [0.15, 0.2) is 5.96 Å². The lowest BCUT2D eigenvalue weighted by atomic mass is 10.3. The number of aliphatic imine (C=N–C) groups is 1. The highest BCUT2D eigenvalue weighted by molar-refractivity contribution is 7.07. The fourth-order valence-electron chi connectivity index (χ4n) is 2.12. The van der Waals surface area contributed by atoms with E-state index in [1.165, 1.54) is 5.56 Å². The van der Waals surface area contributed by atoms with Crippen LogP contribution in [0.2, 0.25) is 0 Å². The first kappa shape index (κ1) is 17.0. The second kappa shape index (κ2) is 9.77. The maximum absolute atomic E-state index is 4.62. The molecule has 1 aromatic rings. The highest BCUT2D eigenvalue weighted by Gasteiger charge is 2.10. The van der Waals surface area contributed by atoms with Gasteiger partial charge in [0.25, 0.3) is 0 Å². The minimum absolute atomic E-state index is 0.509. The average molecular weight is 296 g/mol. The van der Waals surface area contributed by atoms with Crippen LogP contribution in [0.1, 0.15) is 33.3 Å². The first-order valence-corrected chi connectivity index (χ1v) is 8.42. The molecule has 0 aromatic carbocycles. The highest BCUT2D eigenvalue weighted by atomic mass is 32.1. The van der Waals surface area contributed by atoms with Crippen LogP contribution >= 0.6 is 11.3 Å². The van der Waals surface area contributed by atoms with E-state index in [-0.39, 0.29) is 0 Å². The molecule has 1 unspecified atom stereocenters. The van der Waals surface area contributed by atoms with Crippen LogP contribution in [0.15, 0.2) is 21.8 Å². The van der Waals surface area contributed by atoms with E-state index in [1.807, 2.05) is 0 Å². The molecule has 1 aromatic heterocycles. The van der Waals surface area contributed by atoms with Crippen molar-refractivity contribution in [3.8, 4) is 0 Å². The Labute approximate surface area is 127 Å². The lowest BCUT2D eigenvalue weighted by Gasteiger charge is -2.27. The van der Waals surface area contributed by atoms with E-state index in [9.17, 15) is 0 Å². The molecule has 0 fully saturated rings. The smallest absolute Gasteiger partial charge is 0.191 e. The second-order valence-electron chi connectivity index (χ2n) is 4.78. The molecular weight excluding hydrogens is 268 g/mol. The molecule has 114 valence electrons. The van der Waals surface area contributed by atoms with E-state index in [0.29, 0.717) is 6.04 Å². The van der Waals surface area contributed by atoms with Crippen molar-refractivity contribution in [1.82, 2.24) is 15.5 Å². The number of rotatable bonds is 8. The number of hydrogen-bond donors (Lipinski definition) is 2. The molecule has 0 aliphatic carbocycles. The molecule has 0 radical (unpaired) electrons. The van der Waals surface area contributed by atoms with Crippen LogP contribution in [-0.2, 0) is 6.54 Å². The van der Waals surface area contributed by atoms with Crippen LogP contribution in [0.5, 0.6) is 0 Å². The number of thiophene rings is 1. The summed E-state index contributed by atoms with van der Waals surface area (Å²) in [4.78, 5) is 7.06. The van der Waals surface area contributed by atoms with E-state index in [2.05, 4.69) is 65.0 Å². The number of nitrogens with one attached hydrogen (secondary N) is 2. The summed E-state index contributed by atoms with van der Waals surface area (Å²) in [7, 11) is 0. The monoisotopic (exact) mass is 296 g/mol. The van der Waals surface area contributed by atoms with E-state index < -0.39 is 0 Å². The zero-order valence-electron chi connectivity index (χ0n) is 13.1. The second-order valence-corrected chi connectivity index (χ2v) is 5.56. The Hall–Kier alpha value is -1.07. The molecule has 0 bridgehead atoms. The van der Waals surface area contributed by atoms with Gasteiger partial charge in [0.2, 0.25) is 0 Å². The van der Waals surface area contributed by atoms with E-state index in [0.717, 1.165) is 38.7 Å². The van der Waals surface area contributed by atoms with Crippen molar-refractivity contribution in [3.63, 3.8) is 0 Å². The van der Waals surface area contributed by atoms with Gasteiger partial charge < -0.3 is 10.6 Å². The molecular formula is C15H28N4S. The average Bonchev–Trinajstić information content (AvgIpc) is 2.96. The lowest BCUT2D eigenvalue weighted by Crippen LogP contribution is -2.45. The third kappa shape index (κ3) is 5.92. The molecule has 0 aliphatic rings. The van der Waals surface area contributed by atoms with Gasteiger partial charge in [0, 0.05) is 19.1 Å². The molecule has 1 heterocycles. The largest absolute Gasteiger partial charge is 0.357 e. The predicted octanol–water partition coefficient (Wildman–Crippen LogP) is 2.53. The summed E-state index contributed by atoms with van der Waals surface area (Å²) in [6.45, 7) is 13.5. The standard InChI is InChI=1S/C15H28N4S/c1-5-16-15(18-11-14-8-9-20-12-14)17-10-13(4)19(6-2)7-3/h8-9,12-13H,5-7,10-11H2,1-4H3,(H2,16,17,18). The molecule has 0 amide bonds. The number of nitrogens with zero attached hydrogens (tertiary/aromatic N) is 2. The summed E-state index contributed by atoms with van der Waals surface area (Å²) in [5.41, 5.74) is 1.27. The van der Waals surface area contributed by atoms with Crippen molar-refractivity contribution in [2.75, 3.05) is 26.2 Å². The molecule has 2 N–H and O–H groups in total. The third-order valence-electron chi connectivity index (χ3n) is 3.34. The number of likely N-dealkylation sites (N-methyl/N-ethyl adjacent to an activating group) is 1. The molecule has 5 heteroatoms. The predicted molar refractivity (Wildman–Crippen MR) is 89.5 cm³/mol. The Bertz CT molecular complexity index is 371. The zero-order valence-corrected chi connectivity index (χ0v) is 14.0. The zero-order chi connectivity index (χ0) is 14.8. The maximum Gasteiger partial charge on any atom is 0.191 e. The van der Waals surface area contributed by atoms with Gasteiger partial charge >= 0.3 is 0 Å². The lowest BCUT2D eigenvalue weighted by molar-refractivity contribution is 0.231. The molecule has 0 aliphatic heterocycles. The van der Waals surface area contributed by atoms with E-state index >= 15 is 0 Å². The Morgan fingerprint density at radius 1 is 1.30 bits per heavy atom. The van der Waals surface area contributed by atoms with Crippen LogP contribution in [0.4, 0.5) is 0 Å². The van der Waals surface area contributed by atoms with Gasteiger partial charge in [-0.3, -0.25) is 4.90 Å². The van der Waals surface area contributed by atoms with Gasteiger partial charge in [-0.05, 0) is 49.3 Å². The Balaban J connectivity index is 2.47. The van der Waals surface area contributed by atoms with E-state index in [1.54, 1.807) is 11.3 Å². The van der Waals surface area contributed by atoms with Gasteiger partial charge in [-0.15, -0.1) is 0 Å². The van der Waals surface area contributed by atoms with Crippen molar-refractivity contribution >= 4 is 17.3 Å². The highest BCUT2D eigenvalue weighted by Crippen LogP contribution is 2.06. The van der Waals surface area contributed by atoms with Crippen molar-refractivity contribution < 1.29 is 0 Å². The summed E-state index contributed by atoms with van der Waals surface area (Å²) in [5.74, 6) is 0.901. The minimum atomic E-state index is 0.509. The molecule has 20 heavy (non-hydrogen) atoms. The van der Waals surface area contributed by atoms with Crippen LogP contribution < -0.4 is 10.6 Å². The number of hydrogen-bond acceptors (Lipinski definition) is 3. The molecule has 0 spiro atoms. The van der Waals surface area contributed by atoms with Crippen LogP contribution in [0, 0.1) is 0 Å². The van der Waals surface area contributed by atoms with Gasteiger partial charge in [0.05, 0.1) is 6.54 Å². The normalized spacial score (nSPS) is 13.6. The van der Waals surface area contributed by atoms with Crippen LogP contribution in [0.25, 0.3) is 0 Å². The Morgan fingerprint density at radius 2 is 2.05 bits per heavy atom. The summed E-state index contributed by atoms with van der Waals surface area (Å²) < 4.78 is 0. The minimum Gasteiger partial charge on any atom is -0.357 e. The summed E-state index contributed by atoms with van der Waals surface area (Å²) in [6, 6.07) is 2.63.